The van der Waals surface area contributed by atoms with Crippen molar-refractivity contribution in [3.63, 3.8) is 0 Å². The average Bonchev–Trinajstić information content (AvgIpc) is 3.61. The van der Waals surface area contributed by atoms with Crippen molar-refractivity contribution >= 4 is 34.9 Å². The molecule has 5 atom stereocenters. The zero-order chi connectivity index (χ0) is 43.2. The third kappa shape index (κ3) is 10.5. The molecule has 0 amide bonds. The van der Waals surface area contributed by atoms with Crippen LogP contribution >= 0.6 is 0 Å². The van der Waals surface area contributed by atoms with Gasteiger partial charge in [-0.25, -0.2) is 4.98 Å². The lowest BCUT2D eigenvalue weighted by Gasteiger charge is -2.45. The van der Waals surface area contributed by atoms with Crippen LogP contribution in [0, 0.1) is 21.7 Å². The summed E-state index contributed by atoms with van der Waals surface area (Å²) in [4.78, 5) is 58.8. The summed E-state index contributed by atoms with van der Waals surface area (Å²) in [5.74, 6) is -3.44. The Balaban J connectivity index is 1.88. The number of nitrogens with one attached hydrogen (secondary N) is 1. The van der Waals surface area contributed by atoms with Crippen molar-refractivity contribution in [1.29, 1.82) is 0 Å². The summed E-state index contributed by atoms with van der Waals surface area (Å²) in [6.45, 7) is 9.70. The number of phenolic OH excluding ortho intramolecular Hbond substituents is 1. The molecule has 2 aromatic heterocycles. The maximum atomic E-state index is 13.8. The Hall–Kier alpha value is -4.72. The second-order valence-corrected chi connectivity index (χ2v) is 16.3. The molecule has 0 saturated carbocycles. The zero-order valence-electron chi connectivity index (χ0n) is 36.2. The molecule has 1 unspecified atom stereocenters. The SMILES string of the molecule is [2H]CC(C)(C)C(=O)OC[C@H]1OC(Oc2n[nH]c3nccc(CCc4ccc(O)cc4)c23)[C@H](OC(=O)C(C)(C)C[2H])[C@@H](OC(=O)C(C)(C)C[2H])[C@@H]1OC(=O)C(C)(C)C[2H]. The molecule has 0 radical (unpaired) electrons. The summed E-state index contributed by atoms with van der Waals surface area (Å²) in [6.07, 6.45) is -5.64. The number of hydrogen-bond donors (Lipinski definition) is 2. The molecule has 1 aliphatic heterocycles. The van der Waals surface area contributed by atoms with Crippen LogP contribution in [0.25, 0.3) is 11.0 Å². The number of aryl methyl sites for hydroxylation is 2. The lowest BCUT2D eigenvalue weighted by atomic mass is 9.93. The molecule has 1 aromatic carbocycles. The van der Waals surface area contributed by atoms with Gasteiger partial charge in [-0.15, -0.1) is 5.10 Å². The maximum Gasteiger partial charge on any atom is 0.311 e. The Bertz CT molecular complexity index is 1920. The van der Waals surface area contributed by atoms with E-state index in [4.69, 9.17) is 33.9 Å². The highest BCUT2D eigenvalue weighted by Gasteiger charge is 2.56. The topological polar surface area (TPSA) is 185 Å². The summed E-state index contributed by atoms with van der Waals surface area (Å²) >= 11 is 0. The molecule has 14 nitrogen and oxygen atoms in total. The second-order valence-electron chi connectivity index (χ2n) is 16.3. The number of aromatic nitrogens is 3. The van der Waals surface area contributed by atoms with E-state index in [-0.39, 0.29) is 18.5 Å². The van der Waals surface area contributed by atoms with Crippen molar-refractivity contribution in [2.24, 2.45) is 21.7 Å². The number of H-pyrrole nitrogens is 1. The van der Waals surface area contributed by atoms with Gasteiger partial charge in [0.25, 0.3) is 0 Å². The molecule has 1 saturated heterocycles. The van der Waals surface area contributed by atoms with Crippen LogP contribution in [-0.4, -0.2) is 81.5 Å². The van der Waals surface area contributed by atoms with E-state index in [1.54, 1.807) is 36.5 Å². The van der Waals surface area contributed by atoms with Gasteiger partial charge in [0, 0.05) is 11.7 Å². The number of aromatic amines is 1. The van der Waals surface area contributed by atoms with Crippen LogP contribution < -0.4 is 4.74 Å². The summed E-state index contributed by atoms with van der Waals surface area (Å²) < 4.78 is 68.4. The fourth-order valence-corrected chi connectivity index (χ4v) is 5.04. The molecule has 1 aliphatic rings. The quantitative estimate of drug-likeness (QED) is 0.181. The number of pyridine rings is 1. The number of ether oxygens (including phenoxy) is 6. The van der Waals surface area contributed by atoms with Gasteiger partial charge in [0.05, 0.1) is 27.0 Å². The fourth-order valence-electron chi connectivity index (χ4n) is 5.04. The Labute approximate surface area is 322 Å². The van der Waals surface area contributed by atoms with Gasteiger partial charge in [-0.05, 0) is 125 Å². The van der Waals surface area contributed by atoms with Crippen LogP contribution in [0.1, 0.15) is 99.6 Å². The number of nitrogens with zero attached hydrogens (tertiary/aromatic N) is 2. The Morgan fingerprint density at radius 2 is 1.30 bits per heavy atom. The van der Waals surface area contributed by atoms with E-state index < -0.39 is 104 Å². The van der Waals surface area contributed by atoms with Gasteiger partial charge in [-0.2, -0.15) is 0 Å². The molecular formula is C40H55N3O11. The standard InChI is InChI=1S/C40H55N3O11/c1-37(2,3)33(45)49-21-25-27(51-34(46)38(4,5)6)28(52-35(47)39(7,8)9)29(53-36(48)40(10,11)12)32(50-25)54-31-26-23(19-20-41-30(26)42-43-31)16-13-22-14-17-24(44)18-15-22/h14-15,17-20,25,27-29,32,44H,13,16,21H2,1-12H3,(H,41,42,43)/t25-,27-,28+,29-,32?/m1/s1/i1D,4D,7D,10D. The average molecular weight is 758 g/mol. The Morgan fingerprint density at radius 3 is 1.87 bits per heavy atom. The molecule has 54 heavy (non-hydrogen) atoms. The summed E-state index contributed by atoms with van der Waals surface area (Å²) in [7, 11) is 0. The van der Waals surface area contributed by atoms with E-state index in [2.05, 4.69) is 15.2 Å². The fraction of sp³-hybridized carbons (Fsp3) is 0.600. The van der Waals surface area contributed by atoms with Crippen molar-refractivity contribution in [1.82, 2.24) is 15.2 Å². The number of phenols is 1. The molecular weight excluding hydrogens is 698 g/mol. The van der Waals surface area contributed by atoms with Crippen molar-refractivity contribution < 1.29 is 58.2 Å². The lowest BCUT2D eigenvalue weighted by molar-refractivity contribution is -0.294. The number of carbonyl (C=O) groups excluding carboxylic acids is 4. The summed E-state index contributed by atoms with van der Waals surface area (Å²) in [5, 5.41) is 17.4. The highest BCUT2D eigenvalue weighted by atomic mass is 16.7. The van der Waals surface area contributed by atoms with Crippen LogP contribution in [0.2, 0.25) is 0 Å². The molecule has 1 fully saturated rings. The van der Waals surface area contributed by atoms with Crippen LogP contribution in [-0.2, 0) is 55.7 Å². The van der Waals surface area contributed by atoms with Crippen molar-refractivity contribution in [2.45, 2.75) is 127 Å². The molecule has 4 rings (SSSR count). The van der Waals surface area contributed by atoms with Crippen LogP contribution in [0.4, 0.5) is 0 Å². The summed E-state index contributed by atoms with van der Waals surface area (Å²) in [6, 6.07) is 8.53. The number of fused-ring (bicyclic) bond motifs is 1. The van der Waals surface area contributed by atoms with E-state index >= 15 is 0 Å². The number of carbonyl (C=O) groups is 4. The summed E-state index contributed by atoms with van der Waals surface area (Å²) in [5.41, 5.74) is -3.40. The van der Waals surface area contributed by atoms with Crippen LogP contribution in [0.5, 0.6) is 11.6 Å². The number of benzene rings is 1. The first-order valence-corrected chi connectivity index (χ1v) is 17.5. The molecule has 3 heterocycles. The van der Waals surface area contributed by atoms with Crippen molar-refractivity contribution in [3.05, 3.63) is 47.7 Å². The first-order chi connectivity index (χ1) is 27.1. The third-order valence-corrected chi connectivity index (χ3v) is 8.27. The Morgan fingerprint density at radius 1 is 0.759 bits per heavy atom. The van der Waals surface area contributed by atoms with Gasteiger partial charge >= 0.3 is 23.9 Å². The van der Waals surface area contributed by atoms with E-state index in [1.165, 1.54) is 55.4 Å². The number of hydrogen-bond acceptors (Lipinski definition) is 13. The minimum absolute atomic E-state index is 0.0527. The van der Waals surface area contributed by atoms with Gasteiger partial charge in [0.2, 0.25) is 18.3 Å². The second kappa shape index (κ2) is 15.9. The van der Waals surface area contributed by atoms with Gasteiger partial charge in [0.1, 0.15) is 18.5 Å². The number of esters is 4. The van der Waals surface area contributed by atoms with E-state index in [0.29, 0.717) is 23.9 Å². The zero-order valence-corrected chi connectivity index (χ0v) is 32.2. The first kappa shape index (κ1) is 36.3. The molecule has 0 bridgehead atoms. The first-order valence-electron chi connectivity index (χ1n) is 20.3. The normalized spacial score (nSPS) is 21.9. The number of rotatable bonds is 10. The van der Waals surface area contributed by atoms with Crippen LogP contribution in [0.3, 0.4) is 0 Å². The molecule has 14 heteroatoms. The third-order valence-electron chi connectivity index (χ3n) is 8.27. The molecule has 296 valence electrons. The van der Waals surface area contributed by atoms with E-state index in [0.717, 1.165) is 11.1 Å². The molecule has 0 aliphatic carbocycles. The monoisotopic (exact) mass is 757 g/mol. The van der Waals surface area contributed by atoms with Gasteiger partial charge in [-0.1, -0.05) is 12.1 Å². The Kier molecular flexibility index (Phi) is 10.7. The van der Waals surface area contributed by atoms with Crippen molar-refractivity contribution in [3.8, 4) is 11.6 Å². The molecule has 2 N–H and O–H groups in total. The smallest absolute Gasteiger partial charge is 0.311 e. The molecule has 3 aromatic rings. The molecule has 0 spiro atoms. The minimum atomic E-state index is -1.72. The van der Waals surface area contributed by atoms with Crippen LogP contribution in [0.15, 0.2) is 36.5 Å². The highest BCUT2D eigenvalue weighted by Crippen LogP contribution is 2.36. The lowest BCUT2D eigenvalue weighted by Crippen LogP contribution is -2.65. The largest absolute Gasteiger partial charge is 0.508 e. The number of aromatic hydroxyl groups is 1. The van der Waals surface area contributed by atoms with E-state index in [9.17, 15) is 24.3 Å². The highest BCUT2D eigenvalue weighted by molar-refractivity contribution is 5.84. The van der Waals surface area contributed by atoms with Gasteiger partial charge in [-0.3, -0.25) is 24.3 Å². The predicted molar refractivity (Wildman–Crippen MR) is 197 cm³/mol. The minimum Gasteiger partial charge on any atom is -0.508 e. The van der Waals surface area contributed by atoms with Gasteiger partial charge < -0.3 is 33.5 Å². The van der Waals surface area contributed by atoms with Crippen molar-refractivity contribution in [2.75, 3.05) is 6.61 Å². The van der Waals surface area contributed by atoms with Gasteiger partial charge in [0.15, 0.2) is 17.9 Å². The predicted octanol–water partition coefficient (Wildman–Crippen LogP) is 6.02. The van der Waals surface area contributed by atoms with E-state index in [1.807, 2.05) is 0 Å². The maximum absolute atomic E-state index is 13.8.